The van der Waals surface area contributed by atoms with Crippen LogP contribution in [0.15, 0.2) is 36.7 Å². The minimum Gasteiger partial charge on any atom is -0.459 e. The fourth-order valence-electron chi connectivity index (χ4n) is 3.22. The van der Waals surface area contributed by atoms with E-state index in [1.54, 1.807) is 41.8 Å². The molecule has 0 spiro atoms. The van der Waals surface area contributed by atoms with Crippen LogP contribution in [0.1, 0.15) is 23.5 Å². The number of nitrogens with two attached hydrogens (primary N) is 1. The fourth-order valence-corrected chi connectivity index (χ4v) is 3.44. The number of hydrogen-bond acceptors (Lipinski definition) is 7. The number of carbonyl (C=O) groups excluding carboxylic acids is 1. The minimum atomic E-state index is -1.35. The molecule has 0 aliphatic carbocycles. The predicted molar refractivity (Wildman–Crippen MR) is 99.4 cm³/mol. The van der Waals surface area contributed by atoms with Gasteiger partial charge in [0.2, 0.25) is 5.95 Å². The Morgan fingerprint density at radius 3 is 2.86 bits per heavy atom. The van der Waals surface area contributed by atoms with Gasteiger partial charge in [0, 0.05) is 5.92 Å². The molecule has 0 bridgehead atoms. The highest BCUT2D eigenvalue weighted by atomic mass is 35.5. The molecule has 10 heteroatoms. The van der Waals surface area contributed by atoms with Crippen molar-refractivity contribution in [2.45, 2.75) is 25.4 Å². The molecule has 0 saturated carbocycles. The Hall–Kier alpha value is -2.78. The number of imidazole rings is 1. The number of rotatable bonds is 4. The van der Waals surface area contributed by atoms with Crippen LogP contribution in [0.25, 0.3) is 11.2 Å². The molecule has 0 radical (unpaired) electrons. The maximum absolute atomic E-state index is 14.8. The first kappa shape index (κ1) is 18.6. The summed E-state index contributed by atoms with van der Waals surface area (Å²) in [6, 6.07) is 8.49. The molecule has 8 nitrogen and oxygen atoms in total. The Labute approximate surface area is 164 Å². The lowest BCUT2D eigenvalue weighted by Crippen LogP contribution is -2.27. The lowest BCUT2D eigenvalue weighted by atomic mass is 10.0. The van der Waals surface area contributed by atoms with Crippen LogP contribution in [0, 0.1) is 5.92 Å². The predicted octanol–water partition coefficient (Wildman–Crippen LogP) is 2.79. The number of anilines is 1. The van der Waals surface area contributed by atoms with E-state index in [1.807, 2.05) is 0 Å². The molecule has 1 aliphatic heterocycles. The Kier molecular flexibility index (Phi) is 4.86. The van der Waals surface area contributed by atoms with Gasteiger partial charge in [0.25, 0.3) is 0 Å². The van der Waals surface area contributed by atoms with Crippen LogP contribution in [0.3, 0.4) is 0 Å². The van der Waals surface area contributed by atoms with E-state index in [0.29, 0.717) is 16.7 Å². The summed E-state index contributed by atoms with van der Waals surface area (Å²) in [7, 11) is 0. The zero-order chi connectivity index (χ0) is 19.8. The van der Waals surface area contributed by atoms with Gasteiger partial charge < -0.3 is 15.2 Å². The first-order valence-corrected chi connectivity index (χ1v) is 9.00. The summed E-state index contributed by atoms with van der Waals surface area (Å²) in [5.41, 5.74) is 6.75. The van der Waals surface area contributed by atoms with Crippen molar-refractivity contribution in [2.24, 2.45) is 5.92 Å². The van der Waals surface area contributed by atoms with Crippen molar-refractivity contribution >= 4 is 34.7 Å². The van der Waals surface area contributed by atoms with E-state index >= 15 is 0 Å². The highest BCUT2D eigenvalue weighted by Crippen LogP contribution is 2.38. The van der Waals surface area contributed by atoms with Gasteiger partial charge in [-0.05, 0) is 12.1 Å². The summed E-state index contributed by atoms with van der Waals surface area (Å²) in [6.45, 7) is 1.49. The minimum absolute atomic E-state index is 0.0185. The number of carbonyl (C=O) groups is 1. The summed E-state index contributed by atoms with van der Waals surface area (Å²) in [4.78, 5) is 24.2. The number of nitrogens with zero attached hydrogens (tertiary/aromatic N) is 4. The first-order chi connectivity index (χ1) is 13.5. The van der Waals surface area contributed by atoms with E-state index in [2.05, 4.69) is 15.0 Å². The van der Waals surface area contributed by atoms with Gasteiger partial charge in [-0.25, -0.2) is 14.2 Å². The molecule has 2 aromatic heterocycles. The Balaban J connectivity index is 1.51. The van der Waals surface area contributed by atoms with E-state index < -0.39 is 30.4 Å². The number of nitrogen functional groups attached to an aromatic ring is 1. The van der Waals surface area contributed by atoms with Crippen molar-refractivity contribution in [3.8, 4) is 0 Å². The maximum atomic E-state index is 14.8. The largest absolute Gasteiger partial charge is 0.459 e. The second kappa shape index (κ2) is 7.33. The number of halogens is 2. The molecule has 1 aromatic carbocycles. The summed E-state index contributed by atoms with van der Waals surface area (Å²) >= 11 is 6.04. The number of esters is 1. The van der Waals surface area contributed by atoms with Gasteiger partial charge in [-0.15, -0.1) is 0 Å². The fraction of sp³-hybridized carbons (Fsp3) is 0.333. The lowest BCUT2D eigenvalue weighted by molar-refractivity contribution is -0.0445. The number of fused-ring (bicyclic) bond motifs is 1. The van der Waals surface area contributed by atoms with Crippen molar-refractivity contribution in [3.63, 3.8) is 0 Å². The van der Waals surface area contributed by atoms with Gasteiger partial charge in [-0.3, -0.25) is 4.57 Å². The Morgan fingerprint density at radius 1 is 1.36 bits per heavy atom. The molecule has 2 N–H and O–H groups in total. The molecule has 28 heavy (non-hydrogen) atoms. The molecule has 3 heterocycles. The number of hydrogen-bond donors (Lipinski definition) is 1. The van der Waals surface area contributed by atoms with Gasteiger partial charge in [0.05, 0.1) is 11.9 Å². The molecule has 3 aromatic rings. The molecule has 4 rings (SSSR count). The average molecular weight is 406 g/mol. The number of benzene rings is 1. The normalized spacial score (nSPS) is 24.5. The SMILES string of the molecule is CC1C(F)C(COC(=O)c2ccccc2)OC1n1cnc2c(Cl)nc(N)nc21. The van der Waals surface area contributed by atoms with Crippen molar-refractivity contribution in [1.29, 1.82) is 0 Å². The van der Waals surface area contributed by atoms with Crippen LogP contribution in [0.2, 0.25) is 5.15 Å². The summed E-state index contributed by atoms with van der Waals surface area (Å²) in [6.07, 6.45) is -1.51. The molecule has 146 valence electrons. The van der Waals surface area contributed by atoms with Crippen LogP contribution in [0.5, 0.6) is 0 Å². The van der Waals surface area contributed by atoms with E-state index in [1.165, 1.54) is 6.33 Å². The monoisotopic (exact) mass is 405 g/mol. The van der Waals surface area contributed by atoms with Crippen LogP contribution in [0.4, 0.5) is 10.3 Å². The molecule has 1 fully saturated rings. The van der Waals surface area contributed by atoms with E-state index in [-0.39, 0.29) is 17.7 Å². The van der Waals surface area contributed by atoms with Gasteiger partial charge in [-0.2, -0.15) is 9.97 Å². The highest BCUT2D eigenvalue weighted by Gasteiger charge is 2.44. The average Bonchev–Trinajstić information content (AvgIpc) is 3.22. The third-order valence-electron chi connectivity index (χ3n) is 4.68. The van der Waals surface area contributed by atoms with Crippen LogP contribution in [-0.2, 0) is 9.47 Å². The number of ether oxygens (including phenoxy) is 2. The summed E-state index contributed by atoms with van der Waals surface area (Å²) in [5, 5.41) is 0.108. The van der Waals surface area contributed by atoms with Gasteiger partial charge >= 0.3 is 5.97 Å². The second-order valence-corrected chi connectivity index (χ2v) is 6.89. The van der Waals surface area contributed by atoms with Crippen molar-refractivity contribution < 1.29 is 18.7 Å². The van der Waals surface area contributed by atoms with E-state index in [4.69, 9.17) is 26.8 Å². The Bertz CT molecular complexity index is 1020. The highest BCUT2D eigenvalue weighted by molar-refractivity contribution is 6.33. The quantitative estimate of drug-likeness (QED) is 0.525. The van der Waals surface area contributed by atoms with Gasteiger partial charge in [-0.1, -0.05) is 36.7 Å². The summed E-state index contributed by atoms with van der Waals surface area (Å²) < 4.78 is 27.4. The van der Waals surface area contributed by atoms with Gasteiger partial charge in [0.15, 0.2) is 10.8 Å². The van der Waals surface area contributed by atoms with Crippen LogP contribution < -0.4 is 5.73 Å². The molecule has 4 unspecified atom stereocenters. The number of aromatic nitrogens is 4. The topological polar surface area (TPSA) is 105 Å². The molecule has 4 atom stereocenters. The lowest BCUT2D eigenvalue weighted by Gasteiger charge is -2.17. The van der Waals surface area contributed by atoms with E-state index in [9.17, 15) is 9.18 Å². The van der Waals surface area contributed by atoms with Crippen LogP contribution >= 0.6 is 11.6 Å². The second-order valence-electron chi connectivity index (χ2n) is 6.53. The third kappa shape index (κ3) is 3.27. The zero-order valence-electron chi connectivity index (χ0n) is 14.8. The standard InChI is InChI=1S/C18H17ClFN5O3/c1-9-12(20)11(7-27-17(26)10-5-3-2-4-6-10)28-16(9)25-8-22-13-14(19)23-18(21)24-15(13)25/h2-6,8-9,11-12,16H,7H2,1H3,(H2,21,23,24). The maximum Gasteiger partial charge on any atom is 0.338 e. The zero-order valence-corrected chi connectivity index (χ0v) is 15.6. The van der Waals surface area contributed by atoms with Crippen LogP contribution in [-0.4, -0.2) is 44.4 Å². The van der Waals surface area contributed by atoms with E-state index in [0.717, 1.165) is 0 Å². The molecule has 0 amide bonds. The molecular weight excluding hydrogens is 389 g/mol. The Morgan fingerprint density at radius 2 is 2.11 bits per heavy atom. The first-order valence-electron chi connectivity index (χ1n) is 8.63. The van der Waals surface area contributed by atoms with Crippen molar-refractivity contribution in [3.05, 3.63) is 47.4 Å². The molecule has 1 aliphatic rings. The third-order valence-corrected chi connectivity index (χ3v) is 4.94. The van der Waals surface area contributed by atoms with Gasteiger partial charge in [0.1, 0.15) is 30.6 Å². The smallest absolute Gasteiger partial charge is 0.338 e. The molecular formula is C18H17ClFN5O3. The summed E-state index contributed by atoms with van der Waals surface area (Å²) in [5.74, 6) is -1.09. The molecule has 1 saturated heterocycles. The number of alkyl halides is 1. The van der Waals surface area contributed by atoms with Crippen molar-refractivity contribution in [2.75, 3.05) is 12.3 Å². The van der Waals surface area contributed by atoms with Crippen molar-refractivity contribution in [1.82, 2.24) is 19.5 Å².